The maximum Gasteiger partial charge on any atom is 0.248 e. The molecule has 0 saturated carbocycles. The first-order valence-corrected chi connectivity index (χ1v) is 11.3. The van der Waals surface area contributed by atoms with E-state index in [1.54, 1.807) is 6.08 Å². The zero-order chi connectivity index (χ0) is 23.6. The van der Waals surface area contributed by atoms with Crippen LogP contribution < -0.4 is 10.2 Å². The molecule has 1 N–H and O–H groups in total. The lowest BCUT2D eigenvalue weighted by Gasteiger charge is -2.36. The number of hydrogen-bond acceptors (Lipinski definition) is 6. The van der Waals surface area contributed by atoms with E-state index in [1.165, 1.54) is 7.11 Å². The summed E-state index contributed by atoms with van der Waals surface area (Å²) in [5, 5.41) is 3.35. The van der Waals surface area contributed by atoms with Crippen molar-refractivity contribution in [2.24, 2.45) is 0 Å². The number of benzene rings is 2. The number of hydrogen-bond donors (Lipinski definition) is 1. The SMILES string of the molecule is COCC(=O)N1CCN(c2cccc(C=CC(=O)c3ccc(NCCN(C)C)cc3)c2)CC1. The van der Waals surface area contributed by atoms with Crippen LogP contribution in [0.2, 0.25) is 0 Å². The van der Waals surface area contributed by atoms with Gasteiger partial charge in [-0.1, -0.05) is 18.2 Å². The lowest BCUT2D eigenvalue weighted by Crippen LogP contribution is -2.49. The Kier molecular flexibility index (Phi) is 9.04. The van der Waals surface area contributed by atoms with Gasteiger partial charge in [-0.2, -0.15) is 0 Å². The van der Waals surface area contributed by atoms with Crippen molar-refractivity contribution in [1.29, 1.82) is 0 Å². The van der Waals surface area contributed by atoms with Crippen LogP contribution in [0.3, 0.4) is 0 Å². The van der Waals surface area contributed by atoms with Gasteiger partial charge in [-0.05, 0) is 62.1 Å². The number of rotatable bonds is 10. The largest absolute Gasteiger partial charge is 0.384 e. The summed E-state index contributed by atoms with van der Waals surface area (Å²) in [5.74, 6) is 0.00948. The Morgan fingerprint density at radius 1 is 1.06 bits per heavy atom. The second-order valence-electron chi connectivity index (χ2n) is 8.40. The number of amides is 1. The average molecular weight is 451 g/mol. The Bertz CT molecular complexity index is 948. The number of carbonyl (C=O) groups excluding carboxylic acids is 2. The van der Waals surface area contributed by atoms with Crippen LogP contribution in [0.1, 0.15) is 15.9 Å². The monoisotopic (exact) mass is 450 g/mol. The maximum atomic E-state index is 12.6. The molecule has 1 aliphatic heterocycles. The van der Waals surface area contributed by atoms with Crippen LogP contribution in [0.25, 0.3) is 6.08 Å². The van der Waals surface area contributed by atoms with Crippen molar-refractivity contribution < 1.29 is 14.3 Å². The zero-order valence-corrected chi connectivity index (χ0v) is 19.8. The van der Waals surface area contributed by atoms with Gasteiger partial charge >= 0.3 is 0 Å². The third kappa shape index (κ3) is 7.44. The normalized spacial score (nSPS) is 14.2. The maximum absolute atomic E-state index is 12.6. The Hall–Kier alpha value is -3.16. The first-order valence-electron chi connectivity index (χ1n) is 11.3. The van der Waals surface area contributed by atoms with Crippen molar-refractivity contribution >= 4 is 29.1 Å². The van der Waals surface area contributed by atoms with Gasteiger partial charge in [0.15, 0.2) is 5.78 Å². The smallest absolute Gasteiger partial charge is 0.248 e. The van der Waals surface area contributed by atoms with Gasteiger partial charge in [0, 0.05) is 63.3 Å². The van der Waals surface area contributed by atoms with E-state index in [2.05, 4.69) is 27.2 Å². The fourth-order valence-electron chi connectivity index (χ4n) is 3.70. The van der Waals surface area contributed by atoms with E-state index in [4.69, 9.17) is 4.74 Å². The van der Waals surface area contributed by atoms with Gasteiger partial charge in [0.1, 0.15) is 6.61 Å². The fraction of sp³-hybridized carbons (Fsp3) is 0.385. The summed E-state index contributed by atoms with van der Waals surface area (Å²) in [7, 11) is 5.62. The molecule has 176 valence electrons. The Labute approximate surface area is 196 Å². The number of nitrogens with one attached hydrogen (secondary N) is 1. The minimum Gasteiger partial charge on any atom is -0.384 e. The van der Waals surface area contributed by atoms with Crippen molar-refractivity contribution in [3.05, 3.63) is 65.7 Å². The molecule has 7 heteroatoms. The second kappa shape index (κ2) is 12.2. The van der Waals surface area contributed by atoms with Gasteiger partial charge in [-0.25, -0.2) is 0 Å². The fourth-order valence-corrected chi connectivity index (χ4v) is 3.70. The summed E-state index contributed by atoms with van der Waals surface area (Å²) in [4.78, 5) is 30.8. The standard InChI is InChI=1S/C26H34N4O3/c1-28(2)14-13-27-23-10-8-22(9-11-23)25(31)12-7-21-5-4-6-24(19-21)29-15-17-30(18-16-29)26(32)20-33-3/h4-12,19,27H,13-18,20H2,1-3H3. The molecule has 0 bridgehead atoms. The van der Waals surface area contributed by atoms with Crippen LogP contribution in [0.15, 0.2) is 54.6 Å². The van der Waals surface area contributed by atoms with Gasteiger partial charge in [-0.15, -0.1) is 0 Å². The summed E-state index contributed by atoms with van der Waals surface area (Å²) >= 11 is 0. The van der Waals surface area contributed by atoms with Crippen molar-refractivity contribution in [3.63, 3.8) is 0 Å². The molecule has 2 aromatic rings. The summed E-state index contributed by atoms with van der Waals surface area (Å²) in [6.45, 7) is 4.84. The van der Waals surface area contributed by atoms with Gasteiger partial charge < -0.3 is 24.8 Å². The number of likely N-dealkylation sites (N-methyl/N-ethyl adjacent to an activating group) is 1. The Balaban J connectivity index is 1.55. The van der Waals surface area contributed by atoms with E-state index in [-0.39, 0.29) is 18.3 Å². The van der Waals surface area contributed by atoms with E-state index in [0.717, 1.165) is 43.1 Å². The molecular formula is C26H34N4O3. The number of piperazine rings is 1. The Morgan fingerprint density at radius 2 is 1.79 bits per heavy atom. The summed E-state index contributed by atoms with van der Waals surface area (Å²) in [6.07, 6.45) is 3.47. The zero-order valence-electron chi connectivity index (χ0n) is 19.8. The molecule has 1 amide bonds. The van der Waals surface area contributed by atoms with E-state index in [1.807, 2.05) is 61.5 Å². The number of anilines is 2. The topological polar surface area (TPSA) is 65.1 Å². The molecule has 0 atom stereocenters. The summed E-state index contributed by atoms with van der Waals surface area (Å²) < 4.78 is 4.95. The molecule has 1 saturated heterocycles. The summed E-state index contributed by atoms with van der Waals surface area (Å²) in [5.41, 5.74) is 3.74. The molecule has 7 nitrogen and oxygen atoms in total. The molecule has 1 fully saturated rings. The molecule has 33 heavy (non-hydrogen) atoms. The number of nitrogens with zero attached hydrogens (tertiary/aromatic N) is 3. The predicted octanol–water partition coefficient (Wildman–Crippen LogP) is 2.85. The van der Waals surface area contributed by atoms with Crippen LogP contribution in [0.4, 0.5) is 11.4 Å². The van der Waals surface area contributed by atoms with E-state index in [9.17, 15) is 9.59 Å². The van der Waals surface area contributed by atoms with Crippen LogP contribution in [-0.4, -0.2) is 88.6 Å². The highest BCUT2D eigenvalue weighted by Crippen LogP contribution is 2.19. The highest BCUT2D eigenvalue weighted by atomic mass is 16.5. The van der Waals surface area contributed by atoms with Gasteiger partial charge in [0.2, 0.25) is 5.91 Å². The summed E-state index contributed by atoms with van der Waals surface area (Å²) in [6, 6.07) is 15.7. The number of carbonyl (C=O) groups is 2. The van der Waals surface area contributed by atoms with E-state index >= 15 is 0 Å². The van der Waals surface area contributed by atoms with Gasteiger partial charge in [-0.3, -0.25) is 9.59 Å². The van der Waals surface area contributed by atoms with Crippen LogP contribution in [0.5, 0.6) is 0 Å². The third-order valence-electron chi connectivity index (χ3n) is 5.62. The number of ether oxygens (including phenoxy) is 1. The quantitative estimate of drug-likeness (QED) is 0.444. The third-order valence-corrected chi connectivity index (χ3v) is 5.62. The Morgan fingerprint density at radius 3 is 2.45 bits per heavy atom. The number of methoxy groups -OCH3 is 1. The highest BCUT2D eigenvalue weighted by Gasteiger charge is 2.21. The van der Waals surface area contributed by atoms with Crippen molar-refractivity contribution in [3.8, 4) is 0 Å². The predicted molar refractivity (Wildman–Crippen MR) is 134 cm³/mol. The molecule has 0 unspecified atom stereocenters. The minimum atomic E-state index is -0.0227. The molecule has 0 spiro atoms. The average Bonchev–Trinajstić information content (AvgIpc) is 2.83. The van der Waals surface area contributed by atoms with Crippen LogP contribution in [-0.2, 0) is 9.53 Å². The van der Waals surface area contributed by atoms with E-state index < -0.39 is 0 Å². The highest BCUT2D eigenvalue weighted by molar-refractivity contribution is 6.07. The molecule has 1 aliphatic rings. The van der Waals surface area contributed by atoms with Crippen molar-refractivity contribution in [1.82, 2.24) is 9.80 Å². The minimum absolute atomic E-state index is 0.0227. The molecule has 3 rings (SSSR count). The number of ketones is 1. The molecule has 0 radical (unpaired) electrons. The van der Waals surface area contributed by atoms with Crippen LogP contribution in [0, 0.1) is 0 Å². The first-order chi connectivity index (χ1) is 16.0. The molecule has 0 aliphatic carbocycles. The first kappa shape index (κ1) is 24.5. The van der Waals surface area contributed by atoms with Crippen molar-refractivity contribution in [2.45, 2.75) is 0 Å². The number of allylic oxidation sites excluding steroid dienone is 1. The molecule has 2 aromatic carbocycles. The second-order valence-corrected chi connectivity index (χ2v) is 8.40. The van der Waals surface area contributed by atoms with Crippen molar-refractivity contribution in [2.75, 3.05) is 77.3 Å². The molecule has 0 aromatic heterocycles. The van der Waals surface area contributed by atoms with Gasteiger partial charge in [0.05, 0.1) is 0 Å². The lowest BCUT2D eigenvalue weighted by atomic mass is 10.1. The van der Waals surface area contributed by atoms with Gasteiger partial charge in [0.25, 0.3) is 0 Å². The lowest BCUT2D eigenvalue weighted by molar-refractivity contribution is -0.135. The molecule has 1 heterocycles. The molecular weight excluding hydrogens is 416 g/mol. The van der Waals surface area contributed by atoms with Crippen LogP contribution >= 0.6 is 0 Å². The van der Waals surface area contributed by atoms with E-state index in [0.29, 0.717) is 18.7 Å².